The number of carbonyl (C=O) groups excluding carboxylic acids is 1. The first-order chi connectivity index (χ1) is 16.1. The maximum atomic E-state index is 13.0. The molecule has 0 unspecified atom stereocenters. The number of piperidine rings is 1. The number of hydrogen-bond acceptors (Lipinski definition) is 7. The third kappa shape index (κ3) is 3.24. The van der Waals surface area contributed by atoms with Gasteiger partial charge in [-0.05, 0) is 55.3 Å². The van der Waals surface area contributed by atoms with Crippen molar-refractivity contribution in [2.24, 2.45) is 0 Å². The maximum absolute atomic E-state index is 13.0. The summed E-state index contributed by atoms with van der Waals surface area (Å²) >= 11 is 0. The zero-order chi connectivity index (χ0) is 22.4. The molecule has 0 atom stereocenters. The van der Waals surface area contributed by atoms with E-state index in [1.54, 1.807) is 18.0 Å². The van der Waals surface area contributed by atoms with Gasteiger partial charge in [0.1, 0.15) is 17.6 Å². The van der Waals surface area contributed by atoms with Gasteiger partial charge >= 0.3 is 0 Å². The largest absolute Gasteiger partial charge is 0.497 e. The minimum atomic E-state index is -0.610. The molecule has 6 rings (SSSR count). The first-order valence-electron chi connectivity index (χ1n) is 10.9. The predicted octanol–water partition coefficient (Wildman–Crippen LogP) is 3.20. The average Bonchev–Trinajstić information content (AvgIpc) is 3.34. The Kier molecular flexibility index (Phi) is 4.42. The number of fused-ring (bicyclic) bond motifs is 2. The fourth-order valence-electron chi connectivity index (χ4n) is 4.69. The van der Waals surface area contributed by atoms with Crippen LogP contribution in [0.5, 0.6) is 5.75 Å². The lowest BCUT2D eigenvalue weighted by atomic mass is 9.84. The van der Waals surface area contributed by atoms with Crippen LogP contribution < -0.4 is 20.3 Å². The van der Waals surface area contributed by atoms with Crippen molar-refractivity contribution < 1.29 is 9.53 Å². The van der Waals surface area contributed by atoms with E-state index < -0.39 is 5.54 Å². The van der Waals surface area contributed by atoms with Crippen LogP contribution >= 0.6 is 0 Å². The van der Waals surface area contributed by atoms with E-state index in [4.69, 9.17) is 4.74 Å². The van der Waals surface area contributed by atoms with Crippen molar-refractivity contribution in [1.29, 1.82) is 0 Å². The Morgan fingerprint density at radius 1 is 1.03 bits per heavy atom. The van der Waals surface area contributed by atoms with Gasteiger partial charge < -0.3 is 20.3 Å². The molecule has 9 heteroatoms. The summed E-state index contributed by atoms with van der Waals surface area (Å²) in [7, 11) is 1.65. The Labute approximate surface area is 190 Å². The van der Waals surface area contributed by atoms with Crippen LogP contribution in [0.1, 0.15) is 12.8 Å². The number of para-hydroxylation sites is 2. The summed E-state index contributed by atoms with van der Waals surface area (Å²) in [6.45, 7) is 1.41. The van der Waals surface area contributed by atoms with Gasteiger partial charge in [-0.2, -0.15) is 9.61 Å². The van der Waals surface area contributed by atoms with Gasteiger partial charge in [-0.25, -0.2) is 0 Å². The monoisotopic (exact) mass is 441 g/mol. The summed E-state index contributed by atoms with van der Waals surface area (Å²) in [5, 5.41) is 19.6. The number of benzene rings is 2. The second kappa shape index (κ2) is 7.47. The van der Waals surface area contributed by atoms with E-state index in [9.17, 15) is 4.79 Å². The Hall–Kier alpha value is -4.14. The molecule has 9 nitrogen and oxygen atoms in total. The predicted molar refractivity (Wildman–Crippen MR) is 126 cm³/mol. The quantitative estimate of drug-likeness (QED) is 0.504. The standard InChI is InChI=1S/C24H23N7O2/c1-33-17-8-6-16(7-9-17)20-14-21(22-28-25-15-31(22)29-20)30-12-10-24(11-13-30)23(32)26-18-4-2-3-5-19(18)27-24/h2-9,14-15,27H,10-13H2,1H3,(H,26,32). The highest BCUT2D eigenvalue weighted by molar-refractivity contribution is 6.06. The van der Waals surface area contributed by atoms with E-state index in [1.807, 2.05) is 54.6 Å². The molecule has 1 fully saturated rings. The molecule has 2 aliphatic heterocycles. The molecule has 4 heterocycles. The lowest BCUT2D eigenvalue weighted by Crippen LogP contribution is -2.58. The third-order valence-corrected chi connectivity index (χ3v) is 6.58. The van der Waals surface area contributed by atoms with Gasteiger partial charge in [0.2, 0.25) is 11.6 Å². The minimum absolute atomic E-state index is 0.0297. The normalized spacial score (nSPS) is 16.9. The first kappa shape index (κ1) is 19.5. The summed E-state index contributed by atoms with van der Waals surface area (Å²) in [6.07, 6.45) is 2.96. The highest BCUT2D eigenvalue weighted by atomic mass is 16.5. The first-order valence-corrected chi connectivity index (χ1v) is 10.9. The number of anilines is 3. The molecule has 4 aromatic rings. The summed E-state index contributed by atoms with van der Waals surface area (Å²) in [6, 6.07) is 17.7. The number of carbonyl (C=O) groups is 1. The molecule has 0 radical (unpaired) electrons. The van der Waals surface area contributed by atoms with Crippen molar-refractivity contribution in [2.75, 3.05) is 35.7 Å². The molecule has 0 bridgehead atoms. The summed E-state index contributed by atoms with van der Waals surface area (Å²) in [5.74, 6) is 0.827. The molecule has 2 aromatic carbocycles. The van der Waals surface area contributed by atoms with Crippen molar-refractivity contribution in [3.05, 3.63) is 60.9 Å². The molecule has 166 valence electrons. The Morgan fingerprint density at radius 2 is 1.79 bits per heavy atom. The van der Waals surface area contributed by atoms with Gasteiger partial charge in [0.25, 0.3) is 0 Å². The summed E-state index contributed by atoms with van der Waals surface area (Å²) in [4.78, 5) is 15.3. The maximum Gasteiger partial charge on any atom is 0.250 e. The number of methoxy groups -OCH3 is 1. The van der Waals surface area contributed by atoms with E-state index >= 15 is 0 Å². The molecular weight excluding hydrogens is 418 g/mol. The van der Waals surface area contributed by atoms with Crippen LogP contribution in [0.15, 0.2) is 60.9 Å². The van der Waals surface area contributed by atoms with Gasteiger partial charge in [0.15, 0.2) is 0 Å². The summed E-state index contributed by atoms with van der Waals surface area (Å²) < 4.78 is 6.98. The van der Waals surface area contributed by atoms with Crippen LogP contribution in [0.3, 0.4) is 0 Å². The highest BCUT2D eigenvalue weighted by Crippen LogP contribution is 2.38. The van der Waals surface area contributed by atoms with Gasteiger partial charge in [-0.3, -0.25) is 4.79 Å². The van der Waals surface area contributed by atoms with Crippen LogP contribution in [0.4, 0.5) is 17.1 Å². The number of nitrogens with one attached hydrogen (secondary N) is 2. The number of nitrogens with zero attached hydrogens (tertiary/aromatic N) is 5. The number of hydrogen-bond donors (Lipinski definition) is 2. The second-order valence-corrected chi connectivity index (χ2v) is 8.44. The Balaban J connectivity index is 1.30. The van der Waals surface area contributed by atoms with Crippen LogP contribution in [0, 0.1) is 0 Å². The fraction of sp³-hybridized carbons (Fsp3) is 0.250. The minimum Gasteiger partial charge on any atom is -0.497 e. The third-order valence-electron chi connectivity index (χ3n) is 6.58. The van der Waals surface area contributed by atoms with E-state index in [2.05, 4.69) is 30.8 Å². The number of aromatic nitrogens is 4. The van der Waals surface area contributed by atoms with Gasteiger partial charge in [0, 0.05) is 18.7 Å². The molecule has 1 spiro atoms. The SMILES string of the molecule is COc1ccc(-c2cc(N3CCC4(CC3)Nc3ccccc3NC4=O)c3nncn3n2)cc1. The zero-order valence-corrected chi connectivity index (χ0v) is 18.2. The Bertz CT molecular complexity index is 1340. The van der Waals surface area contributed by atoms with Gasteiger partial charge in [-0.15, -0.1) is 10.2 Å². The van der Waals surface area contributed by atoms with Crippen LogP contribution in [-0.4, -0.2) is 51.5 Å². The van der Waals surface area contributed by atoms with E-state index in [1.165, 1.54) is 0 Å². The topological polar surface area (TPSA) is 96.7 Å². The van der Waals surface area contributed by atoms with E-state index in [0.717, 1.165) is 34.1 Å². The molecule has 2 aliphatic rings. The molecule has 1 amide bonds. The van der Waals surface area contributed by atoms with Crippen molar-refractivity contribution in [2.45, 2.75) is 18.4 Å². The van der Waals surface area contributed by atoms with E-state index in [-0.39, 0.29) is 5.91 Å². The van der Waals surface area contributed by atoms with Gasteiger partial charge in [-0.1, -0.05) is 12.1 Å². The molecule has 2 N–H and O–H groups in total. The fourth-order valence-corrected chi connectivity index (χ4v) is 4.69. The van der Waals surface area contributed by atoms with Crippen molar-refractivity contribution in [3.8, 4) is 17.0 Å². The second-order valence-electron chi connectivity index (χ2n) is 8.44. The molecule has 1 saturated heterocycles. The Morgan fingerprint density at radius 3 is 2.55 bits per heavy atom. The van der Waals surface area contributed by atoms with Crippen LogP contribution in [-0.2, 0) is 4.79 Å². The van der Waals surface area contributed by atoms with Gasteiger partial charge in [0.05, 0.1) is 29.9 Å². The van der Waals surface area contributed by atoms with Crippen molar-refractivity contribution in [3.63, 3.8) is 0 Å². The molecule has 33 heavy (non-hydrogen) atoms. The smallest absolute Gasteiger partial charge is 0.250 e. The highest BCUT2D eigenvalue weighted by Gasteiger charge is 2.44. The number of rotatable bonds is 3. The van der Waals surface area contributed by atoms with E-state index in [0.29, 0.717) is 31.6 Å². The zero-order valence-electron chi connectivity index (χ0n) is 18.2. The number of amides is 1. The molecule has 0 aliphatic carbocycles. The average molecular weight is 441 g/mol. The van der Waals surface area contributed by atoms with Crippen molar-refractivity contribution in [1.82, 2.24) is 19.8 Å². The summed E-state index contributed by atoms with van der Waals surface area (Å²) in [5.41, 5.74) is 4.65. The molecule has 0 saturated carbocycles. The lowest BCUT2D eigenvalue weighted by Gasteiger charge is -2.44. The van der Waals surface area contributed by atoms with Crippen LogP contribution in [0.2, 0.25) is 0 Å². The molecular formula is C24H23N7O2. The van der Waals surface area contributed by atoms with Crippen LogP contribution in [0.25, 0.3) is 16.9 Å². The molecule has 2 aromatic heterocycles. The van der Waals surface area contributed by atoms with Crippen molar-refractivity contribution >= 4 is 28.6 Å². The number of ether oxygens (including phenoxy) is 1. The lowest BCUT2D eigenvalue weighted by molar-refractivity contribution is -0.121.